The predicted molar refractivity (Wildman–Crippen MR) is 115 cm³/mol. The highest BCUT2D eigenvalue weighted by molar-refractivity contribution is 6.31. The number of carbonyl (C=O) groups excluding carboxylic acids is 2. The van der Waals surface area contributed by atoms with Crippen molar-refractivity contribution in [3.63, 3.8) is 0 Å². The number of ketones is 1. The molecule has 0 aliphatic carbocycles. The number of aryl methyl sites for hydroxylation is 1. The lowest BCUT2D eigenvalue weighted by atomic mass is 10.0. The fourth-order valence-electron chi connectivity index (χ4n) is 3.40. The average Bonchev–Trinajstić information content (AvgIpc) is 3.30. The first kappa shape index (κ1) is 19.1. The van der Waals surface area contributed by atoms with Gasteiger partial charge in [-0.1, -0.05) is 17.7 Å². The fourth-order valence-corrected chi connectivity index (χ4v) is 3.58. The van der Waals surface area contributed by atoms with Crippen molar-refractivity contribution in [1.82, 2.24) is 4.98 Å². The maximum atomic E-state index is 12.7. The first-order valence-electron chi connectivity index (χ1n) is 9.39. The Bertz CT molecular complexity index is 1390. The van der Waals surface area contributed by atoms with Crippen LogP contribution in [0.4, 0.5) is 0 Å². The van der Waals surface area contributed by atoms with E-state index in [-0.39, 0.29) is 23.1 Å². The van der Waals surface area contributed by atoms with Crippen molar-refractivity contribution in [1.29, 1.82) is 0 Å². The molecule has 0 radical (unpaired) electrons. The molecular weight excluding hydrogens is 418 g/mol. The summed E-state index contributed by atoms with van der Waals surface area (Å²) in [6.45, 7) is 1.75. The van der Waals surface area contributed by atoms with Crippen LogP contribution >= 0.6 is 11.6 Å². The highest BCUT2D eigenvalue weighted by Crippen LogP contribution is 2.37. The molecular formula is C24H14ClNO5. The minimum Gasteiger partial charge on any atom is -0.452 e. The number of allylic oxidation sites excluding steroid dienone is 1. The summed E-state index contributed by atoms with van der Waals surface area (Å²) >= 11 is 5.98. The van der Waals surface area contributed by atoms with E-state index in [1.54, 1.807) is 61.7 Å². The summed E-state index contributed by atoms with van der Waals surface area (Å²) < 4.78 is 16.7. The molecule has 1 aliphatic heterocycles. The lowest BCUT2D eigenvalue weighted by Crippen LogP contribution is -2.07. The van der Waals surface area contributed by atoms with Crippen LogP contribution in [-0.4, -0.2) is 16.7 Å². The van der Waals surface area contributed by atoms with Crippen LogP contribution in [0, 0.1) is 6.92 Å². The minimum atomic E-state index is -0.666. The normalized spacial score (nSPS) is 14.0. The largest absolute Gasteiger partial charge is 0.452 e. The number of carbonyl (C=O) groups is 2. The third kappa shape index (κ3) is 3.58. The zero-order valence-electron chi connectivity index (χ0n) is 16.2. The summed E-state index contributed by atoms with van der Waals surface area (Å²) in [5.74, 6) is -0.138. The number of ether oxygens (including phenoxy) is 2. The highest BCUT2D eigenvalue weighted by Gasteiger charge is 2.30. The van der Waals surface area contributed by atoms with Crippen LogP contribution in [0.3, 0.4) is 0 Å². The van der Waals surface area contributed by atoms with Crippen molar-refractivity contribution in [2.75, 3.05) is 0 Å². The van der Waals surface area contributed by atoms with E-state index in [1.165, 1.54) is 6.07 Å². The lowest BCUT2D eigenvalue weighted by molar-refractivity contribution is 0.0703. The highest BCUT2D eigenvalue weighted by atomic mass is 35.5. The van der Waals surface area contributed by atoms with Crippen LogP contribution in [0.1, 0.15) is 32.2 Å². The third-order valence-corrected chi connectivity index (χ3v) is 5.04. The molecule has 0 saturated carbocycles. The third-order valence-electron chi connectivity index (χ3n) is 4.80. The monoisotopic (exact) mass is 431 g/mol. The molecule has 5 rings (SSSR count). The first-order chi connectivity index (χ1) is 15.0. The molecule has 0 amide bonds. The van der Waals surface area contributed by atoms with Crippen molar-refractivity contribution < 1.29 is 23.5 Å². The summed E-state index contributed by atoms with van der Waals surface area (Å²) in [4.78, 5) is 29.5. The molecule has 0 fully saturated rings. The zero-order valence-corrected chi connectivity index (χ0v) is 17.0. The van der Waals surface area contributed by atoms with Crippen LogP contribution < -0.4 is 9.47 Å². The molecule has 3 heterocycles. The van der Waals surface area contributed by atoms with Gasteiger partial charge in [0.05, 0.1) is 11.3 Å². The molecule has 1 aliphatic rings. The zero-order chi connectivity index (χ0) is 21.5. The molecule has 0 atom stereocenters. The molecule has 2 aromatic heterocycles. The second-order valence-electron chi connectivity index (χ2n) is 6.99. The first-order valence-corrected chi connectivity index (χ1v) is 9.77. The van der Waals surface area contributed by atoms with E-state index in [0.717, 1.165) is 0 Å². The number of pyridine rings is 1. The Kier molecular flexibility index (Phi) is 4.56. The second kappa shape index (κ2) is 7.41. The van der Waals surface area contributed by atoms with Crippen molar-refractivity contribution in [2.45, 2.75) is 6.92 Å². The van der Waals surface area contributed by atoms with Crippen LogP contribution in [-0.2, 0) is 0 Å². The van der Waals surface area contributed by atoms with E-state index >= 15 is 0 Å². The maximum Gasteiger partial charge on any atom is 0.379 e. The van der Waals surface area contributed by atoms with Crippen molar-refractivity contribution >= 4 is 40.4 Å². The van der Waals surface area contributed by atoms with E-state index in [2.05, 4.69) is 4.98 Å². The molecule has 0 bridgehead atoms. The van der Waals surface area contributed by atoms with Crippen LogP contribution in [0.25, 0.3) is 17.0 Å². The molecule has 0 spiro atoms. The number of nitrogens with zero attached hydrogens (tertiary/aromatic N) is 1. The molecule has 2 aromatic carbocycles. The quantitative estimate of drug-likeness (QED) is 0.238. The van der Waals surface area contributed by atoms with Crippen LogP contribution in [0.5, 0.6) is 11.5 Å². The van der Waals surface area contributed by atoms with Crippen LogP contribution in [0.15, 0.2) is 71.0 Å². The van der Waals surface area contributed by atoms with Crippen molar-refractivity contribution in [3.05, 3.63) is 94.2 Å². The number of furan rings is 1. The number of halogens is 1. The topological polar surface area (TPSA) is 78.6 Å². The molecule has 152 valence electrons. The SMILES string of the molecule is Cc1cc(OC(=O)c2cc3cc(Cl)ccc3o2)cc2c1C(=O)/C(=C/c1ccccn1)O2. The van der Waals surface area contributed by atoms with E-state index in [0.29, 0.717) is 38.6 Å². The minimum absolute atomic E-state index is 0.0446. The maximum absolute atomic E-state index is 12.7. The van der Waals surface area contributed by atoms with E-state index in [1.807, 2.05) is 6.07 Å². The fraction of sp³-hybridized carbons (Fsp3) is 0.0417. The number of Topliss-reactive ketones (excluding diaryl/α,β-unsaturated/α-hetero) is 1. The van der Waals surface area contributed by atoms with E-state index < -0.39 is 5.97 Å². The van der Waals surface area contributed by atoms with E-state index in [4.69, 9.17) is 25.5 Å². The van der Waals surface area contributed by atoms with Gasteiger partial charge in [-0.2, -0.15) is 0 Å². The summed E-state index contributed by atoms with van der Waals surface area (Å²) in [5.41, 5.74) is 2.19. The summed E-state index contributed by atoms with van der Waals surface area (Å²) in [7, 11) is 0. The number of hydrogen-bond donors (Lipinski definition) is 0. The average molecular weight is 432 g/mol. The molecule has 0 unspecified atom stereocenters. The number of rotatable bonds is 3. The lowest BCUT2D eigenvalue weighted by Gasteiger charge is -2.06. The summed E-state index contributed by atoms with van der Waals surface area (Å²) in [6.07, 6.45) is 3.21. The van der Waals surface area contributed by atoms with Gasteiger partial charge in [0.25, 0.3) is 0 Å². The van der Waals surface area contributed by atoms with Gasteiger partial charge in [0.15, 0.2) is 5.76 Å². The van der Waals surface area contributed by atoms with Gasteiger partial charge >= 0.3 is 5.97 Å². The van der Waals surface area contributed by atoms with Gasteiger partial charge in [-0.05, 0) is 55.0 Å². The van der Waals surface area contributed by atoms with Gasteiger partial charge in [-0.3, -0.25) is 9.78 Å². The molecule has 7 heteroatoms. The Labute approximate surface area is 181 Å². The van der Waals surface area contributed by atoms with Crippen LogP contribution in [0.2, 0.25) is 5.02 Å². The Balaban J connectivity index is 1.42. The Morgan fingerprint density at radius 1 is 1.13 bits per heavy atom. The summed E-state index contributed by atoms with van der Waals surface area (Å²) in [5, 5.41) is 1.24. The smallest absolute Gasteiger partial charge is 0.379 e. The van der Waals surface area contributed by atoms with Gasteiger partial charge in [-0.15, -0.1) is 0 Å². The number of fused-ring (bicyclic) bond motifs is 2. The molecule has 0 N–H and O–H groups in total. The van der Waals surface area contributed by atoms with Gasteiger partial charge in [0.2, 0.25) is 11.5 Å². The van der Waals surface area contributed by atoms with Gasteiger partial charge in [0.1, 0.15) is 17.1 Å². The Morgan fingerprint density at radius 3 is 2.81 bits per heavy atom. The molecule has 6 nitrogen and oxygen atoms in total. The van der Waals surface area contributed by atoms with Crippen molar-refractivity contribution in [2.24, 2.45) is 0 Å². The predicted octanol–water partition coefficient (Wildman–Crippen LogP) is 5.63. The van der Waals surface area contributed by atoms with Crippen molar-refractivity contribution in [3.8, 4) is 11.5 Å². The molecule has 4 aromatic rings. The summed E-state index contributed by atoms with van der Waals surface area (Å²) in [6, 6.07) is 15.1. The molecule has 0 saturated heterocycles. The number of benzene rings is 2. The van der Waals surface area contributed by atoms with Gasteiger partial charge in [-0.25, -0.2) is 4.79 Å². The van der Waals surface area contributed by atoms with Gasteiger partial charge in [0, 0.05) is 28.7 Å². The number of esters is 1. The number of hydrogen-bond acceptors (Lipinski definition) is 6. The Morgan fingerprint density at radius 2 is 2.00 bits per heavy atom. The number of aromatic nitrogens is 1. The Hall–Kier alpha value is -3.90. The second-order valence-corrected chi connectivity index (χ2v) is 7.43. The standard InChI is InChI=1S/C24H14ClNO5/c1-13-8-17(29-24(28)21-10-14-9-15(25)5-6-18(14)30-21)12-19-22(13)23(27)20(31-19)11-16-4-2-3-7-26-16/h2-12H,1H3/b20-11-. The molecule has 31 heavy (non-hydrogen) atoms. The van der Waals surface area contributed by atoms with E-state index in [9.17, 15) is 9.59 Å². The van der Waals surface area contributed by atoms with Gasteiger partial charge < -0.3 is 13.9 Å².